The van der Waals surface area contributed by atoms with Gasteiger partial charge in [0.2, 0.25) is 0 Å². The van der Waals surface area contributed by atoms with Crippen LogP contribution in [0.2, 0.25) is 10.3 Å². The van der Waals surface area contributed by atoms with Gasteiger partial charge in [-0.15, -0.1) is 0 Å². The molecule has 0 N–H and O–H groups in total. The summed E-state index contributed by atoms with van der Waals surface area (Å²) in [5, 5.41) is 0.664. The molecule has 126 valence electrons. The molecule has 0 fully saturated rings. The minimum absolute atomic E-state index is 0.332. The van der Waals surface area contributed by atoms with Crippen molar-refractivity contribution >= 4 is 23.2 Å². The molecule has 0 unspecified atom stereocenters. The first-order valence-electron chi connectivity index (χ1n) is 8.16. The van der Waals surface area contributed by atoms with E-state index < -0.39 is 0 Å². The van der Waals surface area contributed by atoms with E-state index in [9.17, 15) is 0 Å². The van der Waals surface area contributed by atoms with Gasteiger partial charge in [-0.1, -0.05) is 102 Å². The maximum absolute atomic E-state index is 5.98. The Kier molecular flexibility index (Phi) is 4.70. The molecule has 0 saturated carbocycles. The summed E-state index contributed by atoms with van der Waals surface area (Å²) in [4.78, 5) is 8.48. The number of nitrogens with zero attached hydrogens (tertiary/aromatic N) is 2. The van der Waals surface area contributed by atoms with Crippen molar-refractivity contribution in [3.05, 3.63) is 95.2 Å². The SMILES string of the molecule is Clc1cc(Cl)nc(-c2ccc(-c3ccccc3-c3ccccc3)cc2)n1. The fraction of sp³-hybridized carbons (Fsp3) is 0. The van der Waals surface area contributed by atoms with Gasteiger partial charge in [0.25, 0.3) is 0 Å². The standard InChI is InChI=1S/C22H14Cl2N2/c23-20-14-21(24)26-22(25-20)17-12-10-16(11-13-17)19-9-5-4-8-18(19)15-6-2-1-3-7-15/h1-14H. The van der Waals surface area contributed by atoms with E-state index in [1.54, 1.807) is 0 Å². The molecule has 0 aliphatic rings. The van der Waals surface area contributed by atoms with Crippen LogP contribution < -0.4 is 0 Å². The molecule has 0 aliphatic heterocycles. The van der Waals surface area contributed by atoms with Gasteiger partial charge in [-0.05, 0) is 22.3 Å². The van der Waals surface area contributed by atoms with Gasteiger partial charge >= 0.3 is 0 Å². The maximum atomic E-state index is 5.98. The van der Waals surface area contributed by atoms with Crippen LogP contribution in [0.15, 0.2) is 84.9 Å². The second-order valence-corrected chi connectivity index (χ2v) is 6.60. The van der Waals surface area contributed by atoms with Crippen LogP contribution in [0, 0.1) is 0 Å². The number of aromatic nitrogens is 2. The highest BCUT2D eigenvalue weighted by Gasteiger charge is 2.09. The molecule has 3 aromatic carbocycles. The molecule has 1 aromatic heterocycles. The van der Waals surface area contributed by atoms with Gasteiger partial charge in [-0.25, -0.2) is 9.97 Å². The largest absolute Gasteiger partial charge is 0.216 e. The number of benzene rings is 3. The summed E-state index contributed by atoms with van der Waals surface area (Å²) in [6, 6.07) is 28.4. The average Bonchev–Trinajstić information content (AvgIpc) is 2.68. The second-order valence-electron chi connectivity index (χ2n) is 5.83. The molecule has 4 heteroatoms. The maximum Gasteiger partial charge on any atom is 0.162 e. The van der Waals surface area contributed by atoms with Crippen molar-refractivity contribution in [2.75, 3.05) is 0 Å². The molecule has 2 nitrogen and oxygen atoms in total. The topological polar surface area (TPSA) is 25.8 Å². The molecule has 0 bridgehead atoms. The molecule has 0 atom stereocenters. The predicted octanol–water partition coefficient (Wildman–Crippen LogP) is 6.78. The molecule has 0 saturated heterocycles. The summed E-state index contributed by atoms with van der Waals surface area (Å²) >= 11 is 12.0. The molecule has 1 heterocycles. The third kappa shape index (κ3) is 3.48. The summed E-state index contributed by atoms with van der Waals surface area (Å²) in [5.74, 6) is 0.519. The Balaban J connectivity index is 1.75. The predicted molar refractivity (Wildman–Crippen MR) is 108 cm³/mol. The molecule has 4 aromatic rings. The van der Waals surface area contributed by atoms with Crippen molar-refractivity contribution in [3.63, 3.8) is 0 Å². The van der Waals surface area contributed by atoms with Crippen LogP contribution in [0.3, 0.4) is 0 Å². The Morgan fingerprint density at radius 3 is 1.54 bits per heavy atom. The summed E-state index contributed by atoms with van der Waals surface area (Å²) in [7, 11) is 0. The number of hydrogen-bond donors (Lipinski definition) is 0. The normalized spacial score (nSPS) is 10.7. The van der Waals surface area contributed by atoms with Gasteiger partial charge in [0.15, 0.2) is 5.82 Å². The van der Waals surface area contributed by atoms with E-state index in [1.165, 1.54) is 22.8 Å². The smallest absolute Gasteiger partial charge is 0.162 e. The first-order chi connectivity index (χ1) is 12.7. The minimum atomic E-state index is 0.332. The summed E-state index contributed by atoms with van der Waals surface area (Å²) in [6.07, 6.45) is 0. The molecule has 0 spiro atoms. The average molecular weight is 377 g/mol. The van der Waals surface area contributed by atoms with Crippen molar-refractivity contribution in [2.45, 2.75) is 0 Å². The zero-order valence-electron chi connectivity index (χ0n) is 13.7. The van der Waals surface area contributed by atoms with Crippen LogP contribution >= 0.6 is 23.2 Å². The first kappa shape index (κ1) is 16.8. The molecule has 26 heavy (non-hydrogen) atoms. The second kappa shape index (κ2) is 7.28. The molecule has 4 rings (SSSR count). The minimum Gasteiger partial charge on any atom is -0.216 e. The van der Waals surface area contributed by atoms with E-state index in [-0.39, 0.29) is 0 Å². The highest BCUT2D eigenvalue weighted by Crippen LogP contribution is 2.33. The van der Waals surface area contributed by atoms with Crippen molar-refractivity contribution in [2.24, 2.45) is 0 Å². The third-order valence-corrected chi connectivity index (χ3v) is 4.52. The lowest BCUT2D eigenvalue weighted by molar-refractivity contribution is 1.18. The number of rotatable bonds is 3. The van der Waals surface area contributed by atoms with E-state index in [4.69, 9.17) is 23.2 Å². The Bertz CT molecular complexity index is 1020. The van der Waals surface area contributed by atoms with Crippen molar-refractivity contribution in [1.82, 2.24) is 9.97 Å². The van der Waals surface area contributed by atoms with Crippen LogP contribution in [0.25, 0.3) is 33.6 Å². The van der Waals surface area contributed by atoms with Crippen molar-refractivity contribution in [3.8, 4) is 33.6 Å². The van der Waals surface area contributed by atoms with Crippen LogP contribution in [0.5, 0.6) is 0 Å². The third-order valence-electron chi connectivity index (χ3n) is 4.13. The summed E-state index contributed by atoms with van der Waals surface area (Å²) in [5.41, 5.74) is 5.56. The molecular formula is C22H14Cl2N2. The van der Waals surface area contributed by atoms with Crippen LogP contribution in [0.1, 0.15) is 0 Å². The molecular weight excluding hydrogens is 363 g/mol. The Hall–Kier alpha value is -2.68. The van der Waals surface area contributed by atoms with Gasteiger partial charge in [0.05, 0.1) is 0 Å². The quantitative estimate of drug-likeness (QED) is 0.368. The summed E-state index contributed by atoms with van der Waals surface area (Å²) in [6.45, 7) is 0. The molecule has 0 aliphatic carbocycles. The van der Waals surface area contributed by atoms with E-state index in [1.807, 2.05) is 18.2 Å². The lowest BCUT2D eigenvalue weighted by Crippen LogP contribution is -1.90. The highest BCUT2D eigenvalue weighted by molar-refractivity contribution is 6.33. The van der Waals surface area contributed by atoms with E-state index in [2.05, 4.69) is 70.6 Å². The zero-order valence-corrected chi connectivity index (χ0v) is 15.2. The number of hydrogen-bond acceptors (Lipinski definition) is 2. The van der Waals surface area contributed by atoms with Crippen molar-refractivity contribution < 1.29 is 0 Å². The monoisotopic (exact) mass is 376 g/mol. The van der Waals surface area contributed by atoms with Crippen molar-refractivity contribution in [1.29, 1.82) is 0 Å². The van der Waals surface area contributed by atoms with E-state index in [0.29, 0.717) is 16.1 Å². The Morgan fingerprint density at radius 1 is 0.500 bits per heavy atom. The van der Waals surface area contributed by atoms with E-state index in [0.717, 1.165) is 11.1 Å². The van der Waals surface area contributed by atoms with Gasteiger partial charge in [0, 0.05) is 11.6 Å². The zero-order chi connectivity index (χ0) is 17.9. The highest BCUT2D eigenvalue weighted by atomic mass is 35.5. The van der Waals surface area contributed by atoms with Crippen LogP contribution in [0.4, 0.5) is 0 Å². The molecule has 0 radical (unpaired) electrons. The number of halogens is 2. The lowest BCUT2D eigenvalue weighted by atomic mass is 9.94. The Morgan fingerprint density at radius 2 is 0.962 bits per heavy atom. The van der Waals surface area contributed by atoms with Gasteiger partial charge < -0.3 is 0 Å². The van der Waals surface area contributed by atoms with Crippen LogP contribution in [-0.4, -0.2) is 9.97 Å². The lowest BCUT2D eigenvalue weighted by Gasteiger charge is -2.11. The Labute approximate surface area is 162 Å². The first-order valence-corrected chi connectivity index (χ1v) is 8.92. The van der Waals surface area contributed by atoms with Gasteiger partial charge in [-0.3, -0.25) is 0 Å². The van der Waals surface area contributed by atoms with Gasteiger partial charge in [-0.2, -0.15) is 0 Å². The van der Waals surface area contributed by atoms with Gasteiger partial charge in [0.1, 0.15) is 10.3 Å². The fourth-order valence-electron chi connectivity index (χ4n) is 2.92. The fourth-order valence-corrected chi connectivity index (χ4v) is 3.35. The molecule has 0 amide bonds. The summed E-state index contributed by atoms with van der Waals surface area (Å²) < 4.78 is 0. The van der Waals surface area contributed by atoms with Crippen LogP contribution in [-0.2, 0) is 0 Å². The van der Waals surface area contributed by atoms with E-state index >= 15 is 0 Å².